The molecule has 1 aromatic carbocycles. The fraction of sp³-hybridized carbons (Fsp3) is 0.462. The molecule has 5 nitrogen and oxygen atoms in total. The Bertz CT molecular complexity index is 488. The van der Waals surface area contributed by atoms with Crippen LogP contribution in [-0.4, -0.2) is 33.5 Å². The average molecular weight is 327 g/mol. The molecule has 1 aliphatic rings. The molecule has 0 bridgehead atoms. The molecule has 6 heteroatoms. The lowest BCUT2D eigenvalue weighted by atomic mass is 10.1. The van der Waals surface area contributed by atoms with Gasteiger partial charge in [-0.15, -0.1) is 0 Å². The van der Waals surface area contributed by atoms with E-state index in [9.17, 15) is 5.26 Å². The second-order valence-electron chi connectivity index (χ2n) is 4.04. The van der Waals surface area contributed by atoms with Crippen LogP contribution in [0.2, 0.25) is 0 Å². The third-order valence-corrected chi connectivity index (χ3v) is 3.33. The summed E-state index contributed by atoms with van der Waals surface area (Å²) in [6, 6.07) is 5.54. The van der Waals surface area contributed by atoms with E-state index in [0.717, 1.165) is 10.0 Å². The number of methoxy groups -OCH3 is 1. The number of hydrogen-bond donors (Lipinski definition) is 1. The van der Waals surface area contributed by atoms with Crippen molar-refractivity contribution in [2.45, 2.75) is 6.04 Å². The highest BCUT2D eigenvalue weighted by molar-refractivity contribution is 9.10. The Labute approximate surface area is 120 Å². The lowest BCUT2D eigenvalue weighted by Crippen LogP contribution is -2.24. The molecule has 2 rings (SSSR count). The number of hydrogen-bond acceptors (Lipinski definition) is 5. The monoisotopic (exact) mass is 326 g/mol. The predicted octanol–water partition coefficient (Wildman–Crippen LogP) is 2.02. The van der Waals surface area contributed by atoms with Gasteiger partial charge in [0.1, 0.15) is 19.3 Å². The molecule has 1 atom stereocenters. The van der Waals surface area contributed by atoms with Gasteiger partial charge in [-0.1, -0.05) is 0 Å². The van der Waals surface area contributed by atoms with Gasteiger partial charge in [0.15, 0.2) is 11.5 Å². The molecule has 1 N–H and O–H groups in total. The highest BCUT2D eigenvalue weighted by Crippen LogP contribution is 2.39. The Morgan fingerprint density at radius 3 is 3.00 bits per heavy atom. The van der Waals surface area contributed by atoms with E-state index in [0.29, 0.717) is 37.9 Å². The van der Waals surface area contributed by atoms with E-state index >= 15 is 0 Å². The van der Waals surface area contributed by atoms with E-state index in [4.69, 9.17) is 14.2 Å². The van der Waals surface area contributed by atoms with Gasteiger partial charge in [0.2, 0.25) is 0 Å². The molecule has 1 heterocycles. The highest BCUT2D eigenvalue weighted by Gasteiger charge is 2.19. The summed E-state index contributed by atoms with van der Waals surface area (Å²) in [5.74, 6) is 1.37. The SMILES string of the molecule is COCCNC(C#N)c1cc(Br)c2c(c1)OCCO2. The third-order valence-electron chi connectivity index (χ3n) is 2.74. The first-order chi connectivity index (χ1) is 9.26. The largest absolute Gasteiger partial charge is 0.486 e. The molecule has 0 aromatic heterocycles. The molecule has 0 radical (unpaired) electrons. The van der Waals surface area contributed by atoms with Gasteiger partial charge in [0, 0.05) is 13.7 Å². The van der Waals surface area contributed by atoms with Crippen LogP contribution in [0.1, 0.15) is 11.6 Å². The Morgan fingerprint density at radius 2 is 2.26 bits per heavy atom. The molecule has 0 fully saturated rings. The van der Waals surface area contributed by atoms with Gasteiger partial charge in [0.25, 0.3) is 0 Å². The van der Waals surface area contributed by atoms with Crippen molar-refractivity contribution < 1.29 is 14.2 Å². The van der Waals surface area contributed by atoms with Crippen LogP contribution in [0.4, 0.5) is 0 Å². The maximum absolute atomic E-state index is 9.23. The molecule has 1 aliphatic heterocycles. The maximum Gasteiger partial charge on any atom is 0.175 e. The number of benzene rings is 1. The zero-order valence-corrected chi connectivity index (χ0v) is 12.2. The summed E-state index contributed by atoms with van der Waals surface area (Å²) >= 11 is 3.45. The van der Waals surface area contributed by atoms with E-state index in [-0.39, 0.29) is 0 Å². The van der Waals surface area contributed by atoms with Gasteiger partial charge < -0.3 is 14.2 Å². The van der Waals surface area contributed by atoms with E-state index in [1.165, 1.54) is 0 Å². The second-order valence-corrected chi connectivity index (χ2v) is 4.89. The van der Waals surface area contributed by atoms with Crippen LogP contribution in [0.25, 0.3) is 0 Å². The third kappa shape index (κ3) is 3.38. The fourth-order valence-electron chi connectivity index (χ4n) is 1.84. The van der Waals surface area contributed by atoms with Crippen LogP contribution in [0.5, 0.6) is 11.5 Å². The van der Waals surface area contributed by atoms with Crippen LogP contribution < -0.4 is 14.8 Å². The minimum Gasteiger partial charge on any atom is -0.486 e. The average Bonchev–Trinajstić information content (AvgIpc) is 2.44. The smallest absolute Gasteiger partial charge is 0.175 e. The first-order valence-corrected chi connectivity index (χ1v) is 6.76. The molecule has 1 unspecified atom stereocenters. The molecule has 0 spiro atoms. The molecule has 0 saturated heterocycles. The summed E-state index contributed by atoms with van der Waals surface area (Å²) in [4.78, 5) is 0. The number of halogens is 1. The highest BCUT2D eigenvalue weighted by atomic mass is 79.9. The minimum atomic E-state index is -0.401. The van der Waals surface area contributed by atoms with Gasteiger partial charge in [-0.2, -0.15) is 5.26 Å². The minimum absolute atomic E-state index is 0.401. The zero-order valence-electron chi connectivity index (χ0n) is 10.6. The summed E-state index contributed by atoms with van der Waals surface area (Å²) in [6.45, 7) is 2.24. The van der Waals surface area contributed by atoms with E-state index in [2.05, 4.69) is 27.3 Å². The molecule has 102 valence electrons. The topological polar surface area (TPSA) is 63.5 Å². The molecule has 1 aromatic rings. The summed E-state index contributed by atoms with van der Waals surface area (Å²) < 4.78 is 16.8. The molecule has 0 aliphatic carbocycles. The quantitative estimate of drug-likeness (QED) is 0.839. The summed E-state index contributed by atoms with van der Waals surface area (Å²) in [7, 11) is 1.63. The van der Waals surface area contributed by atoms with Crippen molar-refractivity contribution in [1.29, 1.82) is 5.26 Å². The zero-order chi connectivity index (χ0) is 13.7. The van der Waals surface area contributed by atoms with E-state index in [1.54, 1.807) is 7.11 Å². The summed E-state index contributed by atoms with van der Waals surface area (Å²) in [6.07, 6.45) is 0. The van der Waals surface area contributed by atoms with Crippen molar-refractivity contribution in [2.75, 3.05) is 33.5 Å². The van der Waals surface area contributed by atoms with Crippen molar-refractivity contribution >= 4 is 15.9 Å². The van der Waals surface area contributed by atoms with Crippen molar-refractivity contribution in [1.82, 2.24) is 5.32 Å². The molecular weight excluding hydrogens is 312 g/mol. The number of nitriles is 1. The Morgan fingerprint density at radius 1 is 1.47 bits per heavy atom. The van der Waals surface area contributed by atoms with Crippen molar-refractivity contribution in [3.05, 3.63) is 22.2 Å². The van der Waals surface area contributed by atoms with Crippen LogP contribution >= 0.6 is 15.9 Å². The molecule has 19 heavy (non-hydrogen) atoms. The number of fused-ring (bicyclic) bond motifs is 1. The first kappa shape index (κ1) is 14.1. The second kappa shape index (κ2) is 6.75. The van der Waals surface area contributed by atoms with Crippen LogP contribution in [0.15, 0.2) is 16.6 Å². The summed E-state index contributed by atoms with van der Waals surface area (Å²) in [5, 5.41) is 12.4. The van der Waals surface area contributed by atoms with E-state index < -0.39 is 6.04 Å². The summed E-state index contributed by atoms with van der Waals surface area (Å²) in [5.41, 5.74) is 0.842. The van der Waals surface area contributed by atoms with Crippen molar-refractivity contribution in [2.24, 2.45) is 0 Å². The lowest BCUT2D eigenvalue weighted by Gasteiger charge is -2.21. The van der Waals surface area contributed by atoms with Crippen molar-refractivity contribution in [3.63, 3.8) is 0 Å². The molecule has 0 amide bonds. The van der Waals surface area contributed by atoms with Crippen LogP contribution in [0, 0.1) is 11.3 Å². The Kier molecular flexibility index (Phi) is 5.02. The van der Waals surface area contributed by atoms with Crippen LogP contribution in [-0.2, 0) is 4.74 Å². The number of rotatable bonds is 5. The van der Waals surface area contributed by atoms with Gasteiger partial charge in [0.05, 0.1) is 17.1 Å². The predicted molar refractivity (Wildman–Crippen MR) is 73.4 cm³/mol. The first-order valence-electron chi connectivity index (χ1n) is 5.97. The van der Waals surface area contributed by atoms with Crippen LogP contribution in [0.3, 0.4) is 0 Å². The standard InChI is InChI=1S/C13H15BrN2O3/c1-17-3-2-16-11(8-15)9-6-10(14)13-12(7-9)18-4-5-19-13/h6-7,11,16H,2-5H2,1H3. The number of ether oxygens (including phenoxy) is 3. The van der Waals surface area contributed by atoms with Gasteiger partial charge in [-0.05, 0) is 33.6 Å². The lowest BCUT2D eigenvalue weighted by molar-refractivity contribution is 0.170. The maximum atomic E-state index is 9.23. The van der Waals surface area contributed by atoms with Gasteiger partial charge in [-0.25, -0.2) is 0 Å². The number of nitrogens with one attached hydrogen (secondary N) is 1. The van der Waals surface area contributed by atoms with E-state index in [1.807, 2.05) is 12.1 Å². The Hall–Kier alpha value is -1.29. The number of nitrogens with zero attached hydrogens (tertiary/aromatic N) is 1. The Balaban J connectivity index is 2.19. The van der Waals surface area contributed by atoms with Crippen molar-refractivity contribution in [3.8, 4) is 17.6 Å². The normalized spacial score (nSPS) is 14.8. The van der Waals surface area contributed by atoms with Gasteiger partial charge >= 0.3 is 0 Å². The van der Waals surface area contributed by atoms with Gasteiger partial charge in [-0.3, -0.25) is 5.32 Å². The fourth-order valence-corrected chi connectivity index (χ4v) is 2.42. The molecule has 0 saturated carbocycles. The molecular formula is C13H15BrN2O3.